The van der Waals surface area contributed by atoms with Gasteiger partial charge in [-0.05, 0) is 30.5 Å². The summed E-state index contributed by atoms with van der Waals surface area (Å²) in [6.07, 6.45) is 1.98. The summed E-state index contributed by atoms with van der Waals surface area (Å²) in [4.78, 5) is 23.1. The summed E-state index contributed by atoms with van der Waals surface area (Å²) in [6.45, 7) is 0.140. The molecule has 0 spiro atoms. The molecule has 0 fully saturated rings. The number of nitrogens with zero attached hydrogens (tertiary/aromatic N) is 1. The van der Waals surface area contributed by atoms with E-state index in [9.17, 15) is 14.9 Å². The number of fused-ring (bicyclic) bond motifs is 2. The number of nitro groups is 1. The van der Waals surface area contributed by atoms with E-state index in [4.69, 9.17) is 13.9 Å². The van der Waals surface area contributed by atoms with Gasteiger partial charge in [-0.1, -0.05) is 0 Å². The van der Waals surface area contributed by atoms with Crippen molar-refractivity contribution in [3.05, 3.63) is 57.0 Å². The predicted molar refractivity (Wildman–Crippen MR) is 89.3 cm³/mol. The van der Waals surface area contributed by atoms with Gasteiger partial charge in [-0.3, -0.25) is 14.9 Å². The lowest BCUT2D eigenvalue weighted by atomic mass is 9.77. The fraction of sp³-hybridized carbons (Fsp3) is 0.278. The SMILES string of the molecule is O=C1CCCC2=C1[C@H](c1ccc([N+](=O)[O-])o1)c1cc3c(cc1N2)OCO3. The number of rotatable bonds is 2. The van der Waals surface area contributed by atoms with E-state index in [0.29, 0.717) is 29.3 Å². The van der Waals surface area contributed by atoms with E-state index in [-0.39, 0.29) is 18.5 Å². The van der Waals surface area contributed by atoms with Crippen molar-refractivity contribution >= 4 is 17.4 Å². The van der Waals surface area contributed by atoms with Crippen LogP contribution in [0.25, 0.3) is 0 Å². The fourth-order valence-electron chi connectivity index (χ4n) is 3.84. The Morgan fingerprint density at radius 2 is 1.96 bits per heavy atom. The van der Waals surface area contributed by atoms with Crippen molar-refractivity contribution < 1.29 is 23.6 Å². The summed E-state index contributed by atoms with van der Waals surface area (Å²) >= 11 is 0. The van der Waals surface area contributed by atoms with Crippen LogP contribution in [0, 0.1) is 10.1 Å². The van der Waals surface area contributed by atoms with Crippen LogP contribution in [0.3, 0.4) is 0 Å². The van der Waals surface area contributed by atoms with Crippen LogP contribution in [-0.2, 0) is 4.79 Å². The van der Waals surface area contributed by atoms with Crippen LogP contribution in [0.15, 0.2) is 40.0 Å². The van der Waals surface area contributed by atoms with Gasteiger partial charge < -0.3 is 19.2 Å². The first kappa shape index (κ1) is 15.0. The number of hydrogen-bond donors (Lipinski definition) is 1. The first-order chi connectivity index (χ1) is 12.6. The summed E-state index contributed by atoms with van der Waals surface area (Å²) in [7, 11) is 0. The number of nitrogens with one attached hydrogen (secondary N) is 1. The average molecular weight is 354 g/mol. The highest BCUT2D eigenvalue weighted by Crippen LogP contribution is 2.49. The van der Waals surface area contributed by atoms with Crippen molar-refractivity contribution in [2.75, 3.05) is 12.1 Å². The Kier molecular flexibility index (Phi) is 3.09. The molecule has 0 bridgehead atoms. The van der Waals surface area contributed by atoms with Crippen LogP contribution in [0.5, 0.6) is 11.5 Å². The number of hydrogen-bond acceptors (Lipinski definition) is 7. The number of ketones is 1. The van der Waals surface area contributed by atoms with Gasteiger partial charge >= 0.3 is 5.88 Å². The lowest BCUT2D eigenvalue weighted by Gasteiger charge is -2.32. The van der Waals surface area contributed by atoms with Gasteiger partial charge in [-0.2, -0.15) is 0 Å². The van der Waals surface area contributed by atoms with Crippen molar-refractivity contribution in [3.63, 3.8) is 0 Å². The summed E-state index contributed by atoms with van der Waals surface area (Å²) in [6, 6.07) is 6.53. The smallest absolute Gasteiger partial charge is 0.433 e. The molecule has 1 aromatic carbocycles. The molecule has 1 aromatic heterocycles. The predicted octanol–water partition coefficient (Wildman–Crippen LogP) is 3.48. The lowest BCUT2D eigenvalue weighted by Crippen LogP contribution is -2.26. The van der Waals surface area contributed by atoms with E-state index in [1.54, 1.807) is 6.07 Å². The van der Waals surface area contributed by atoms with Crippen molar-refractivity contribution in [1.82, 2.24) is 0 Å². The summed E-state index contributed by atoms with van der Waals surface area (Å²) in [5, 5.41) is 14.4. The topological polar surface area (TPSA) is 104 Å². The van der Waals surface area contributed by atoms with Crippen LogP contribution in [-0.4, -0.2) is 17.5 Å². The molecule has 2 aromatic rings. The van der Waals surface area contributed by atoms with Crippen molar-refractivity contribution in [3.8, 4) is 11.5 Å². The van der Waals surface area contributed by atoms with Gasteiger partial charge in [-0.15, -0.1) is 0 Å². The Labute approximate surface area is 147 Å². The lowest BCUT2D eigenvalue weighted by molar-refractivity contribution is -0.402. The Hall–Kier alpha value is -3.29. The fourth-order valence-corrected chi connectivity index (χ4v) is 3.84. The Bertz CT molecular complexity index is 990. The Morgan fingerprint density at radius 3 is 2.73 bits per heavy atom. The van der Waals surface area contributed by atoms with Crippen LogP contribution >= 0.6 is 0 Å². The van der Waals surface area contributed by atoms with Crippen molar-refractivity contribution in [2.45, 2.75) is 25.2 Å². The number of carbonyl (C=O) groups is 1. The zero-order valence-electron chi connectivity index (χ0n) is 13.6. The first-order valence-electron chi connectivity index (χ1n) is 8.33. The first-order valence-corrected chi connectivity index (χ1v) is 8.33. The van der Waals surface area contributed by atoms with Crippen molar-refractivity contribution in [2.24, 2.45) is 0 Å². The minimum Gasteiger partial charge on any atom is -0.454 e. The second-order valence-electron chi connectivity index (χ2n) is 6.45. The van der Waals surface area contributed by atoms with E-state index in [1.165, 1.54) is 6.07 Å². The summed E-state index contributed by atoms with van der Waals surface area (Å²) in [5.74, 6) is 0.784. The zero-order chi connectivity index (χ0) is 17.8. The Morgan fingerprint density at radius 1 is 1.15 bits per heavy atom. The Balaban J connectivity index is 1.71. The number of benzene rings is 1. The normalized spacial score (nSPS) is 20.5. The molecule has 26 heavy (non-hydrogen) atoms. The van der Waals surface area contributed by atoms with Gasteiger partial charge in [0.1, 0.15) is 10.7 Å². The third kappa shape index (κ3) is 2.11. The molecule has 0 unspecified atom stereocenters. The third-order valence-corrected chi connectivity index (χ3v) is 4.96. The second-order valence-corrected chi connectivity index (χ2v) is 6.45. The molecule has 132 valence electrons. The van der Waals surface area contributed by atoms with E-state index >= 15 is 0 Å². The molecular weight excluding hydrogens is 340 g/mol. The maximum Gasteiger partial charge on any atom is 0.433 e. The van der Waals surface area contributed by atoms with Crippen LogP contribution in [0.4, 0.5) is 11.6 Å². The summed E-state index contributed by atoms with van der Waals surface area (Å²) in [5.41, 5.74) is 3.04. The van der Waals surface area contributed by atoms with Crippen LogP contribution in [0.1, 0.15) is 36.5 Å². The quantitative estimate of drug-likeness (QED) is 0.650. The molecule has 1 N–H and O–H groups in total. The van der Waals surface area contributed by atoms with Gasteiger partial charge in [0.25, 0.3) is 0 Å². The molecule has 2 aliphatic heterocycles. The van der Waals surface area contributed by atoms with Crippen LogP contribution < -0.4 is 14.8 Å². The second kappa shape index (κ2) is 5.35. The molecule has 1 aliphatic carbocycles. The monoisotopic (exact) mass is 354 g/mol. The molecule has 8 heteroatoms. The third-order valence-electron chi connectivity index (χ3n) is 4.96. The zero-order valence-corrected chi connectivity index (χ0v) is 13.6. The van der Waals surface area contributed by atoms with Gasteiger partial charge in [0.15, 0.2) is 17.3 Å². The standard InChI is InChI=1S/C18H14N2O6/c21-12-3-1-2-10-18(12)17(13-4-5-16(26-13)20(22)23)9-6-14-15(25-8-24-14)7-11(9)19-10/h4-7,17,19H,1-3,8H2/t17-/m0/s1. The number of allylic oxidation sites excluding steroid dienone is 2. The number of ether oxygens (including phenoxy) is 2. The molecule has 0 saturated heterocycles. The van der Waals surface area contributed by atoms with Gasteiger partial charge in [0, 0.05) is 29.4 Å². The molecule has 5 rings (SSSR count). The van der Waals surface area contributed by atoms with Crippen molar-refractivity contribution in [1.29, 1.82) is 0 Å². The molecule has 0 saturated carbocycles. The van der Waals surface area contributed by atoms with E-state index < -0.39 is 10.8 Å². The van der Waals surface area contributed by atoms with Gasteiger partial charge in [-0.25, -0.2) is 0 Å². The molecule has 0 amide bonds. The van der Waals surface area contributed by atoms with E-state index in [2.05, 4.69) is 5.32 Å². The van der Waals surface area contributed by atoms with Gasteiger partial charge in [0.2, 0.25) is 6.79 Å². The largest absolute Gasteiger partial charge is 0.454 e. The average Bonchev–Trinajstić information content (AvgIpc) is 3.27. The number of anilines is 1. The maximum absolute atomic E-state index is 12.7. The molecule has 8 nitrogen and oxygen atoms in total. The molecule has 1 atom stereocenters. The summed E-state index contributed by atoms with van der Waals surface area (Å²) < 4.78 is 16.4. The minimum atomic E-state index is -0.580. The molecule has 0 radical (unpaired) electrons. The molecule has 3 heterocycles. The highest BCUT2D eigenvalue weighted by atomic mass is 16.7. The number of Topliss-reactive ketones (excluding diaryl/α,β-unsaturated/α-hetero) is 1. The maximum atomic E-state index is 12.7. The van der Waals surface area contributed by atoms with Gasteiger partial charge in [0.05, 0.1) is 12.0 Å². The highest BCUT2D eigenvalue weighted by molar-refractivity contribution is 6.01. The molecular formula is C18H14N2O6. The van der Waals surface area contributed by atoms with Crippen LogP contribution in [0.2, 0.25) is 0 Å². The highest BCUT2D eigenvalue weighted by Gasteiger charge is 2.38. The van der Waals surface area contributed by atoms with E-state index in [1.807, 2.05) is 12.1 Å². The molecule has 3 aliphatic rings. The number of carbonyl (C=O) groups excluding carboxylic acids is 1. The minimum absolute atomic E-state index is 0.0334. The van der Waals surface area contributed by atoms with E-state index in [0.717, 1.165) is 29.8 Å². The number of furan rings is 1.